The van der Waals surface area contributed by atoms with Crippen LogP contribution in [0.4, 0.5) is 5.82 Å². The second-order valence-corrected chi connectivity index (χ2v) is 5.92. The molecular formula is C16H26N4. The van der Waals surface area contributed by atoms with Crippen molar-refractivity contribution in [1.29, 1.82) is 0 Å². The van der Waals surface area contributed by atoms with E-state index in [-0.39, 0.29) is 6.04 Å². The van der Waals surface area contributed by atoms with Gasteiger partial charge in [-0.1, -0.05) is 19.9 Å². The number of anilines is 1. The van der Waals surface area contributed by atoms with Crippen LogP contribution in [-0.2, 0) is 6.42 Å². The van der Waals surface area contributed by atoms with E-state index in [1.54, 1.807) is 0 Å². The lowest BCUT2D eigenvalue weighted by atomic mass is 10.1. The molecule has 2 aromatic rings. The first-order valence-corrected chi connectivity index (χ1v) is 7.49. The Morgan fingerprint density at radius 3 is 2.65 bits per heavy atom. The van der Waals surface area contributed by atoms with Crippen LogP contribution in [0.5, 0.6) is 0 Å². The summed E-state index contributed by atoms with van der Waals surface area (Å²) in [6.45, 7) is 10.7. The predicted molar refractivity (Wildman–Crippen MR) is 85.3 cm³/mol. The molecule has 2 aromatic heterocycles. The zero-order chi connectivity index (χ0) is 14.7. The first-order chi connectivity index (χ1) is 9.52. The minimum atomic E-state index is 0.131. The molecule has 4 nitrogen and oxygen atoms in total. The molecule has 2 N–H and O–H groups in total. The molecule has 0 fully saturated rings. The van der Waals surface area contributed by atoms with Crippen LogP contribution >= 0.6 is 0 Å². The van der Waals surface area contributed by atoms with E-state index in [9.17, 15) is 0 Å². The van der Waals surface area contributed by atoms with Crippen molar-refractivity contribution in [3.05, 3.63) is 30.1 Å². The van der Waals surface area contributed by atoms with E-state index in [0.29, 0.717) is 5.92 Å². The SMILES string of the molecule is CCN(CC(C)C)c1nc2ccccn2c1CC(C)N. The maximum absolute atomic E-state index is 6.03. The second kappa shape index (κ2) is 6.27. The number of pyridine rings is 1. The molecule has 4 heteroatoms. The average molecular weight is 274 g/mol. The second-order valence-electron chi connectivity index (χ2n) is 5.92. The van der Waals surface area contributed by atoms with Gasteiger partial charge in [0.1, 0.15) is 5.65 Å². The van der Waals surface area contributed by atoms with Gasteiger partial charge in [-0.15, -0.1) is 0 Å². The summed E-state index contributed by atoms with van der Waals surface area (Å²) in [6, 6.07) is 6.26. The van der Waals surface area contributed by atoms with Gasteiger partial charge in [-0.25, -0.2) is 4.98 Å². The first kappa shape index (κ1) is 14.9. The third-order valence-electron chi connectivity index (χ3n) is 3.39. The van der Waals surface area contributed by atoms with Crippen molar-refractivity contribution in [2.24, 2.45) is 11.7 Å². The van der Waals surface area contributed by atoms with Crippen molar-refractivity contribution in [3.8, 4) is 0 Å². The fourth-order valence-corrected chi connectivity index (χ4v) is 2.59. The van der Waals surface area contributed by atoms with Crippen molar-refractivity contribution in [1.82, 2.24) is 9.38 Å². The van der Waals surface area contributed by atoms with E-state index in [0.717, 1.165) is 31.0 Å². The Kier molecular flexibility index (Phi) is 4.65. The number of nitrogens with zero attached hydrogens (tertiary/aromatic N) is 3. The van der Waals surface area contributed by atoms with Gasteiger partial charge in [0, 0.05) is 31.7 Å². The van der Waals surface area contributed by atoms with E-state index < -0.39 is 0 Å². The molecule has 0 saturated heterocycles. The lowest BCUT2D eigenvalue weighted by Gasteiger charge is -2.24. The summed E-state index contributed by atoms with van der Waals surface area (Å²) in [7, 11) is 0. The largest absolute Gasteiger partial charge is 0.355 e. The minimum Gasteiger partial charge on any atom is -0.355 e. The minimum absolute atomic E-state index is 0.131. The number of hydrogen-bond acceptors (Lipinski definition) is 3. The van der Waals surface area contributed by atoms with Crippen molar-refractivity contribution in [2.45, 2.75) is 40.2 Å². The van der Waals surface area contributed by atoms with Gasteiger partial charge in [0.2, 0.25) is 0 Å². The van der Waals surface area contributed by atoms with Gasteiger partial charge in [-0.3, -0.25) is 0 Å². The van der Waals surface area contributed by atoms with Crippen LogP contribution in [-0.4, -0.2) is 28.5 Å². The molecule has 0 aliphatic carbocycles. The zero-order valence-corrected chi connectivity index (χ0v) is 13.0. The third kappa shape index (κ3) is 3.12. The monoisotopic (exact) mass is 274 g/mol. The van der Waals surface area contributed by atoms with Gasteiger partial charge >= 0.3 is 0 Å². The van der Waals surface area contributed by atoms with Gasteiger partial charge in [0.25, 0.3) is 0 Å². The molecule has 0 aliphatic heterocycles. The van der Waals surface area contributed by atoms with Crippen molar-refractivity contribution in [3.63, 3.8) is 0 Å². The standard InChI is InChI=1S/C16H26N4/c1-5-19(11-12(2)3)16-14(10-13(4)17)20-9-7-6-8-15(20)18-16/h6-9,12-13H,5,10-11,17H2,1-4H3. The average Bonchev–Trinajstić information content (AvgIpc) is 2.74. The molecular weight excluding hydrogens is 248 g/mol. The molecule has 2 heterocycles. The highest BCUT2D eigenvalue weighted by atomic mass is 15.2. The summed E-state index contributed by atoms with van der Waals surface area (Å²) >= 11 is 0. The molecule has 0 aromatic carbocycles. The number of rotatable bonds is 6. The Bertz CT molecular complexity index is 557. The summed E-state index contributed by atoms with van der Waals surface area (Å²) < 4.78 is 2.17. The van der Waals surface area contributed by atoms with Crippen LogP contribution in [0.1, 0.15) is 33.4 Å². The maximum atomic E-state index is 6.03. The number of aromatic nitrogens is 2. The lowest BCUT2D eigenvalue weighted by molar-refractivity contribution is 0.611. The topological polar surface area (TPSA) is 46.6 Å². The van der Waals surface area contributed by atoms with Gasteiger partial charge < -0.3 is 15.0 Å². The van der Waals surface area contributed by atoms with Gasteiger partial charge in [0.05, 0.1) is 5.69 Å². The summed E-state index contributed by atoms with van der Waals surface area (Å²) in [6.07, 6.45) is 2.92. The number of fused-ring (bicyclic) bond motifs is 1. The quantitative estimate of drug-likeness (QED) is 0.881. The Hall–Kier alpha value is -1.55. The van der Waals surface area contributed by atoms with Gasteiger partial charge in [0.15, 0.2) is 5.82 Å². The van der Waals surface area contributed by atoms with Crippen LogP contribution in [0.2, 0.25) is 0 Å². The molecule has 0 saturated carbocycles. The molecule has 20 heavy (non-hydrogen) atoms. The Labute approximate surface area is 121 Å². The molecule has 1 atom stereocenters. The normalized spacial score (nSPS) is 13.1. The first-order valence-electron chi connectivity index (χ1n) is 7.49. The van der Waals surface area contributed by atoms with E-state index >= 15 is 0 Å². The van der Waals surface area contributed by atoms with Crippen molar-refractivity contribution >= 4 is 11.5 Å². The lowest BCUT2D eigenvalue weighted by Crippen LogP contribution is -2.29. The van der Waals surface area contributed by atoms with E-state index in [1.807, 2.05) is 19.1 Å². The van der Waals surface area contributed by atoms with E-state index in [4.69, 9.17) is 10.7 Å². The maximum Gasteiger partial charge on any atom is 0.151 e. The number of hydrogen-bond donors (Lipinski definition) is 1. The summed E-state index contributed by atoms with van der Waals surface area (Å²) in [4.78, 5) is 7.18. The Morgan fingerprint density at radius 2 is 2.05 bits per heavy atom. The molecule has 0 amide bonds. The molecule has 0 spiro atoms. The molecule has 0 aliphatic rings. The van der Waals surface area contributed by atoms with Crippen LogP contribution in [0.25, 0.3) is 5.65 Å². The zero-order valence-electron chi connectivity index (χ0n) is 13.0. The fourth-order valence-electron chi connectivity index (χ4n) is 2.59. The number of nitrogens with two attached hydrogens (primary N) is 1. The Balaban J connectivity index is 2.49. The van der Waals surface area contributed by atoms with Gasteiger partial charge in [-0.2, -0.15) is 0 Å². The molecule has 0 radical (unpaired) electrons. The Morgan fingerprint density at radius 1 is 1.30 bits per heavy atom. The highest BCUT2D eigenvalue weighted by Gasteiger charge is 2.18. The molecule has 0 bridgehead atoms. The summed E-state index contributed by atoms with van der Waals surface area (Å²) in [5.74, 6) is 1.70. The highest BCUT2D eigenvalue weighted by molar-refractivity contribution is 5.56. The van der Waals surface area contributed by atoms with E-state index in [2.05, 4.69) is 42.3 Å². The smallest absolute Gasteiger partial charge is 0.151 e. The van der Waals surface area contributed by atoms with Crippen LogP contribution in [0, 0.1) is 5.92 Å². The molecule has 1 unspecified atom stereocenters. The van der Waals surface area contributed by atoms with Crippen LogP contribution in [0.15, 0.2) is 24.4 Å². The summed E-state index contributed by atoms with van der Waals surface area (Å²) in [5, 5.41) is 0. The predicted octanol–water partition coefficient (Wildman–Crippen LogP) is 2.71. The number of imidazole rings is 1. The summed E-state index contributed by atoms with van der Waals surface area (Å²) in [5.41, 5.74) is 8.25. The fraction of sp³-hybridized carbons (Fsp3) is 0.562. The molecule has 110 valence electrons. The van der Waals surface area contributed by atoms with E-state index in [1.165, 1.54) is 5.69 Å². The van der Waals surface area contributed by atoms with Crippen molar-refractivity contribution in [2.75, 3.05) is 18.0 Å². The third-order valence-corrected chi connectivity index (χ3v) is 3.39. The van der Waals surface area contributed by atoms with Crippen molar-refractivity contribution < 1.29 is 0 Å². The molecule has 2 rings (SSSR count). The van der Waals surface area contributed by atoms with Crippen LogP contribution in [0.3, 0.4) is 0 Å². The van der Waals surface area contributed by atoms with Crippen LogP contribution < -0.4 is 10.6 Å². The van der Waals surface area contributed by atoms with Gasteiger partial charge in [-0.05, 0) is 31.9 Å². The highest BCUT2D eigenvalue weighted by Crippen LogP contribution is 2.23.